The Balaban J connectivity index is 1.24. The zero-order chi connectivity index (χ0) is 28.6. The van der Waals surface area contributed by atoms with Gasteiger partial charge in [0, 0.05) is 26.8 Å². The zero-order valence-corrected chi connectivity index (χ0v) is 24.5. The highest BCUT2D eigenvalue weighted by Gasteiger charge is 2.12. The van der Waals surface area contributed by atoms with Crippen molar-refractivity contribution in [3.63, 3.8) is 0 Å². The predicted molar refractivity (Wildman–Crippen MR) is 180 cm³/mol. The van der Waals surface area contributed by atoms with Crippen LogP contribution in [0.2, 0.25) is 0 Å². The zero-order valence-electron chi connectivity index (χ0n) is 23.7. The van der Waals surface area contributed by atoms with Crippen LogP contribution in [-0.4, -0.2) is 6.21 Å². The van der Waals surface area contributed by atoms with Crippen molar-refractivity contribution in [2.45, 2.75) is 19.9 Å². The van der Waals surface area contributed by atoms with E-state index in [0.29, 0.717) is 0 Å². The second-order valence-electron chi connectivity index (χ2n) is 10.2. The van der Waals surface area contributed by atoms with Crippen molar-refractivity contribution in [1.29, 1.82) is 0 Å². The van der Waals surface area contributed by atoms with E-state index in [1.807, 2.05) is 29.7 Å². The second kappa shape index (κ2) is 13.2. The van der Waals surface area contributed by atoms with Crippen LogP contribution >= 0.6 is 11.3 Å². The number of aryl methyl sites for hydroxylation is 1. The smallest absolute Gasteiger partial charge is 0.0759 e. The molecule has 0 radical (unpaired) electrons. The normalized spacial score (nSPS) is 11.1. The average molecular weight is 564 g/mol. The van der Waals surface area contributed by atoms with Crippen molar-refractivity contribution >= 4 is 40.3 Å². The number of hydrogen-bond acceptors (Lipinski definition) is 4. The third-order valence-electron chi connectivity index (χ3n) is 7.11. The maximum atomic E-state index is 4.97. The molecule has 0 aliphatic rings. The molecular weight excluding hydrogens is 531 g/mol. The summed E-state index contributed by atoms with van der Waals surface area (Å²) in [5.41, 5.74) is 8.08. The summed E-state index contributed by atoms with van der Waals surface area (Å²) in [4.78, 5) is 4.86. The van der Waals surface area contributed by atoms with Gasteiger partial charge in [-0.1, -0.05) is 91.0 Å². The van der Waals surface area contributed by atoms with E-state index < -0.39 is 0 Å². The summed E-state index contributed by atoms with van der Waals surface area (Å²) in [6.45, 7) is 2.87. The molecule has 0 bridgehead atoms. The minimum absolute atomic E-state index is 0.723. The maximum Gasteiger partial charge on any atom is 0.0759 e. The molecule has 0 fully saturated rings. The van der Waals surface area contributed by atoms with Gasteiger partial charge >= 0.3 is 0 Å². The summed E-state index contributed by atoms with van der Waals surface area (Å²) in [6, 6.07) is 53.3. The summed E-state index contributed by atoms with van der Waals surface area (Å²) in [5, 5.41) is 7.06. The highest BCUT2D eigenvalue weighted by atomic mass is 32.1. The Hall–Kier alpha value is -4.93. The second-order valence-corrected chi connectivity index (χ2v) is 11.6. The van der Waals surface area contributed by atoms with E-state index in [9.17, 15) is 0 Å². The van der Waals surface area contributed by atoms with Crippen LogP contribution in [0.3, 0.4) is 0 Å². The number of rotatable bonds is 10. The van der Waals surface area contributed by atoms with Gasteiger partial charge in [-0.05, 0) is 90.7 Å². The molecule has 0 N–H and O–H groups in total. The lowest BCUT2D eigenvalue weighted by atomic mass is 10.0. The lowest BCUT2D eigenvalue weighted by Crippen LogP contribution is -2.15. The average Bonchev–Trinajstić information content (AvgIpc) is 3.46. The van der Waals surface area contributed by atoms with Crippen LogP contribution in [0, 0.1) is 6.92 Å². The summed E-state index contributed by atoms with van der Waals surface area (Å²) in [6.07, 6.45) is 2.88. The molecule has 0 unspecified atom stereocenters. The lowest BCUT2D eigenvalue weighted by Gasteiger charge is -2.25. The van der Waals surface area contributed by atoms with E-state index in [4.69, 9.17) is 5.10 Å². The fourth-order valence-electron chi connectivity index (χ4n) is 4.98. The van der Waals surface area contributed by atoms with E-state index >= 15 is 0 Å². The number of hydrogen-bond donors (Lipinski definition) is 0. The van der Waals surface area contributed by atoms with Gasteiger partial charge in [0.15, 0.2) is 0 Å². The van der Waals surface area contributed by atoms with Crippen molar-refractivity contribution < 1.29 is 0 Å². The van der Waals surface area contributed by atoms with Crippen LogP contribution in [0.1, 0.15) is 26.4 Å². The fraction of sp³-hybridized carbons (Fsp3) is 0.0789. The topological polar surface area (TPSA) is 18.8 Å². The molecule has 0 aliphatic heterocycles. The van der Waals surface area contributed by atoms with Crippen molar-refractivity contribution in [1.82, 2.24) is 0 Å². The van der Waals surface area contributed by atoms with Gasteiger partial charge in [0.2, 0.25) is 0 Å². The molecular formula is C38H33N3S. The van der Waals surface area contributed by atoms with Crippen molar-refractivity contribution in [3.8, 4) is 0 Å². The molecule has 42 heavy (non-hydrogen) atoms. The molecule has 206 valence electrons. The van der Waals surface area contributed by atoms with E-state index in [-0.39, 0.29) is 0 Å². The molecule has 0 spiro atoms. The minimum Gasteiger partial charge on any atom is -0.311 e. The summed E-state index contributed by atoms with van der Waals surface area (Å²) < 4.78 is 0. The molecule has 6 rings (SSSR count). The maximum absolute atomic E-state index is 4.97. The summed E-state index contributed by atoms with van der Waals surface area (Å²) in [7, 11) is 0. The van der Waals surface area contributed by atoms with Crippen LogP contribution in [0.25, 0.3) is 0 Å². The number of hydrazone groups is 1. The van der Waals surface area contributed by atoms with Crippen molar-refractivity contribution in [2.75, 3.05) is 9.91 Å². The van der Waals surface area contributed by atoms with Crippen molar-refractivity contribution in [3.05, 3.63) is 178 Å². The Morgan fingerprint density at radius 1 is 0.548 bits per heavy atom. The molecule has 0 saturated heterocycles. The first-order valence-corrected chi connectivity index (χ1v) is 15.0. The highest BCUT2D eigenvalue weighted by molar-refractivity contribution is 7.11. The number of para-hydroxylation sites is 2. The van der Waals surface area contributed by atoms with Gasteiger partial charge in [-0.25, -0.2) is 0 Å². The fourth-order valence-corrected chi connectivity index (χ4v) is 5.85. The minimum atomic E-state index is 0.723. The van der Waals surface area contributed by atoms with Gasteiger partial charge in [-0.2, -0.15) is 5.10 Å². The summed E-state index contributed by atoms with van der Waals surface area (Å²) in [5.74, 6) is 0. The van der Waals surface area contributed by atoms with Crippen LogP contribution in [0.5, 0.6) is 0 Å². The summed E-state index contributed by atoms with van der Waals surface area (Å²) >= 11 is 1.82. The number of thiophene rings is 1. The first-order valence-electron chi connectivity index (χ1n) is 14.2. The Kier molecular flexibility index (Phi) is 8.54. The predicted octanol–water partition coefficient (Wildman–Crippen LogP) is 10.2. The first-order chi connectivity index (χ1) is 20.7. The van der Waals surface area contributed by atoms with Crippen LogP contribution < -0.4 is 9.91 Å². The van der Waals surface area contributed by atoms with Crippen LogP contribution in [0.4, 0.5) is 22.7 Å². The largest absolute Gasteiger partial charge is 0.311 e. The van der Waals surface area contributed by atoms with Gasteiger partial charge in [-0.15, -0.1) is 11.3 Å². The molecule has 6 aromatic rings. The van der Waals surface area contributed by atoms with E-state index in [2.05, 4.69) is 156 Å². The SMILES string of the molecule is Cc1ccc(CN(N=Cc2ccc(N(c3ccccc3)c3ccccc3)cc2)c2ccc(Cc3ccccc3)cc2)s1. The molecule has 4 heteroatoms. The Morgan fingerprint density at radius 3 is 1.64 bits per heavy atom. The quantitative estimate of drug-likeness (QED) is 0.122. The molecule has 0 aliphatic carbocycles. The van der Waals surface area contributed by atoms with Gasteiger partial charge in [0.1, 0.15) is 0 Å². The lowest BCUT2D eigenvalue weighted by molar-refractivity contribution is 0.870. The monoisotopic (exact) mass is 563 g/mol. The van der Waals surface area contributed by atoms with Crippen LogP contribution in [0.15, 0.2) is 157 Å². The van der Waals surface area contributed by atoms with E-state index in [1.54, 1.807) is 0 Å². The number of benzene rings is 5. The van der Waals surface area contributed by atoms with Crippen molar-refractivity contribution in [2.24, 2.45) is 5.10 Å². The molecule has 1 aromatic heterocycles. The Morgan fingerprint density at radius 2 is 1.07 bits per heavy atom. The highest BCUT2D eigenvalue weighted by Crippen LogP contribution is 2.34. The standard InChI is InChI=1S/C38H33N3S/c1-30-17-26-38(42-30)29-40(34-22-18-32(19-23-34)27-31-11-5-2-6-12-31)39-28-33-20-24-37(25-21-33)41(35-13-7-3-8-14-35)36-15-9-4-10-16-36/h2-26,28H,27,29H2,1H3. The van der Waals surface area contributed by atoms with Crippen LogP contribution in [-0.2, 0) is 13.0 Å². The van der Waals surface area contributed by atoms with E-state index in [0.717, 1.165) is 41.3 Å². The molecule has 3 nitrogen and oxygen atoms in total. The molecule has 0 amide bonds. The van der Waals surface area contributed by atoms with Gasteiger partial charge in [0.25, 0.3) is 0 Å². The van der Waals surface area contributed by atoms with Gasteiger partial charge < -0.3 is 4.90 Å². The molecule has 1 heterocycles. The van der Waals surface area contributed by atoms with E-state index in [1.165, 1.54) is 20.9 Å². The Labute approximate surface area is 252 Å². The first kappa shape index (κ1) is 27.3. The number of nitrogens with zero attached hydrogens (tertiary/aromatic N) is 3. The van der Waals surface area contributed by atoms with Gasteiger partial charge in [0.05, 0.1) is 18.4 Å². The molecule has 0 atom stereocenters. The number of anilines is 4. The Bertz CT molecular complexity index is 1670. The third kappa shape index (κ3) is 6.85. The van der Waals surface area contributed by atoms with Gasteiger partial charge in [-0.3, -0.25) is 5.01 Å². The third-order valence-corrected chi connectivity index (χ3v) is 8.10. The molecule has 0 saturated carbocycles. The molecule has 5 aromatic carbocycles.